The van der Waals surface area contributed by atoms with Gasteiger partial charge in [0, 0.05) is 6.42 Å². The van der Waals surface area contributed by atoms with Crippen LogP contribution in [0, 0.1) is 5.92 Å². The van der Waals surface area contributed by atoms with E-state index in [9.17, 15) is 4.79 Å². The summed E-state index contributed by atoms with van der Waals surface area (Å²) in [4.78, 5) is 11.0. The largest absolute Gasteiger partial charge is 0.481 e. The first kappa shape index (κ1) is 18.5. The van der Waals surface area contributed by atoms with E-state index in [0.29, 0.717) is 12.3 Å². The number of aliphatic carboxylic acids is 1. The van der Waals surface area contributed by atoms with Gasteiger partial charge in [-0.1, -0.05) is 89.9 Å². The zero-order valence-electron chi connectivity index (χ0n) is 14.0. The van der Waals surface area contributed by atoms with E-state index in [0.717, 1.165) is 12.8 Å². The Kier molecular flexibility index (Phi) is 11.6. The van der Waals surface area contributed by atoms with Crippen molar-refractivity contribution < 1.29 is 9.90 Å². The number of rotatable bonds is 2. The van der Waals surface area contributed by atoms with Crippen LogP contribution in [0.15, 0.2) is 0 Å². The van der Waals surface area contributed by atoms with E-state index in [4.69, 9.17) is 5.11 Å². The van der Waals surface area contributed by atoms with E-state index < -0.39 is 5.97 Å². The summed E-state index contributed by atoms with van der Waals surface area (Å²) in [6.07, 6.45) is 21.7. The summed E-state index contributed by atoms with van der Waals surface area (Å²) in [5.41, 5.74) is 0. The van der Waals surface area contributed by atoms with Crippen molar-refractivity contribution in [2.75, 3.05) is 0 Å². The summed E-state index contributed by atoms with van der Waals surface area (Å²) in [6, 6.07) is 0. The summed E-state index contributed by atoms with van der Waals surface area (Å²) >= 11 is 0. The first-order valence-corrected chi connectivity index (χ1v) is 9.51. The minimum absolute atomic E-state index is 0.389. The normalized spacial score (nSPS) is 22.5. The Morgan fingerprint density at radius 3 is 1.19 bits per heavy atom. The van der Waals surface area contributed by atoms with Crippen LogP contribution in [0.3, 0.4) is 0 Å². The number of carbonyl (C=O) groups is 1. The molecule has 1 N–H and O–H groups in total. The molecule has 0 atom stereocenters. The fraction of sp³-hybridized carbons (Fsp3) is 0.947. The molecule has 0 aliphatic heterocycles. The Labute approximate surface area is 131 Å². The molecule has 0 heterocycles. The molecule has 1 rings (SSSR count). The van der Waals surface area contributed by atoms with Gasteiger partial charge in [0.1, 0.15) is 0 Å². The number of carboxylic acid groups (broad SMARTS) is 1. The molecule has 1 aliphatic rings. The highest BCUT2D eigenvalue weighted by molar-refractivity contribution is 5.66. The van der Waals surface area contributed by atoms with Crippen LogP contribution in [-0.4, -0.2) is 11.1 Å². The quantitative estimate of drug-likeness (QED) is 0.646. The topological polar surface area (TPSA) is 37.3 Å². The van der Waals surface area contributed by atoms with Gasteiger partial charge in [0.15, 0.2) is 0 Å². The lowest BCUT2D eigenvalue weighted by atomic mass is 9.91. The lowest BCUT2D eigenvalue weighted by Gasteiger charge is -2.14. The van der Waals surface area contributed by atoms with Crippen LogP contribution in [0.2, 0.25) is 0 Å². The average molecular weight is 296 g/mol. The second kappa shape index (κ2) is 13.2. The zero-order chi connectivity index (χ0) is 15.2. The van der Waals surface area contributed by atoms with Crippen molar-refractivity contribution in [3.05, 3.63) is 0 Å². The highest BCUT2D eigenvalue weighted by atomic mass is 16.4. The summed E-state index contributed by atoms with van der Waals surface area (Å²) in [6.45, 7) is 0. The number of hydrogen-bond acceptors (Lipinski definition) is 1. The van der Waals surface area contributed by atoms with Crippen molar-refractivity contribution in [1.82, 2.24) is 0 Å². The third-order valence-electron chi connectivity index (χ3n) is 4.94. The van der Waals surface area contributed by atoms with Gasteiger partial charge in [-0.3, -0.25) is 4.79 Å². The average Bonchev–Trinajstić information content (AvgIpc) is 2.45. The second-order valence-electron chi connectivity index (χ2n) is 6.99. The molecular formula is C19H36O2. The van der Waals surface area contributed by atoms with Gasteiger partial charge in [0.25, 0.3) is 0 Å². The van der Waals surface area contributed by atoms with Crippen LogP contribution < -0.4 is 0 Å². The lowest BCUT2D eigenvalue weighted by molar-refractivity contribution is -0.138. The first-order valence-electron chi connectivity index (χ1n) is 9.51. The molecule has 124 valence electrons. The van der Waals surface area contributed by atoms with Crippen molar-refractivity contribution in [2.24, 2.45) is 5.92 Å². The molecule has 0 saturated heterocycles. The Morgan fingerprint density at radius 2 is 0.905 bits per heavy atom. The molecule has 0 bridgehead atoms. The van der Waals surface area contributed by atoms with E-state index in [-0.39, 0.29) is 0 Å². The molecule has 1 saturated carbocycles. The lowest BCUT2D eigenvalue weighted by Crippen LogP contribution is -2.08. The predicted molar refractivity (Wildman–Crippen MR) is 89.6 cm³/mol. The molecule has 0 aromatic heterocycles. The van der Waals surface area contributed by atoms with E-state index in [2.05, 4.69) is 0 Å². The molecule has 0 unspecified atom stereocenters. The Hall–Kier alpha value is -0.530. The van der Waals surface area contributed by atoms with Gasteiger partial charge in [0.2, 0.25) is 0 Å². The molecule has 1 fully saturated rings. The maximum Gasteiger partial charge on any atom is 0.303 e. The van der Waals surface area contributed by atoms with Gasteiger partial charge in [0.05, 0.1) is 0 Å². The highest BCUT2D eigenvalue weighted by Crippen LogP contribution is 2.22. The van der Waals surface area contributed by atoms with Gasteiger partial charge in [-0.05, 0) is 18.8 Å². The Bertz CT molecular complexity index is 232. The molecule has 0 aromatic carbocycles. The van der Waals surface area contributed by atoms with Crippen molar-refractivity contribution in [2.45, 2.75) is 109 Å². The number of hydrogen-bond donors (Lipinski definition) is 1. The Morgan fingerprint density at radius 1 is 0.619 bits per heavy atom. The maximum atomic E-state index is 11.0. The molecule has 0 radical (unpaired) electrons. The summed E-state index contributed by atoms with van der Waals surface area (Å²) in [5, 5.41) is 9.04. The predicted octanol–water partition coefficient (Wildman–Crippen LogP) is 6.33. The summed E-state index contributed by atoms with van der Waals surface area (Å²) in [7, 11) is 0. The zero-order valence-corrected chi connectivity index (χ0v) is 14.0. The van der Waals surface area contributed by atoms with Crippen molar-refractivity contribution in [3.8, 4) is 0 Å². The molecule has 2 nitrogen and oxygen atoms in total. The molecule has 0 aromatic rings. The minimum atomic E-state index is -0.606. The van der Waals surface area contributed by atoms with Crippen molar-refractivity contribution >= 4 is 5.97 Å². The van der Waals surface area contributed by atoms with Crippen LogP contribution in [0.1, 0.15) is 109 Å². The molecule has 21 heavy (non-hydrogen) atoms. The second-order valence-corrected chi connectivity index (χ2v) is 6.99. The molecular weight excluding hydrogens is 260 g/mol. The maximum absolute atomic E-state index is 11.0. The molecule has 0 amide bonds. The van der Waals surface area contributed by atoms with Gasteiger partial charge in [-0.2, -0.15) is 0 Å². The Balaban J connectivity index is 2.26. The highest BCUT2D eigenvalue weighted by Gasteiger charge is 2.12. The third kappa shape index (κ3) is 11.8. The number of carboxylic acids is 1. The smallest absolute Gasteiger partial charge is 0.303 e. The first-order chi connectivity index (χ1) is 10.3. The van der Waals surface area contributed by atoms with Gasteiger partial charge >= 0.3 is 5.97 Å². The fourth-order valence-electron chi connectivity index (χ4n) is 3.58. The molecule has 1 aliphatic carbocycles. The van der Waals surface area contributed by atoms with Gasteiger partial charge < -0.3 is 5.11 Å². The van der Waals surface area contributed by atoms with Crippen LogP contribution in [-0.2, 0) is 4.79 Å². The van der Waals surface area contributed by atoms with Crippen LogP contribution in [0.4, 0.5) is 0 Å². The standard InChI is InChI=1S/C19H36O2/c20-19(21)17-18-15-13-11-9-7-5-3-1-2-4-6-8-10-12-14-16-18/h18H,1-17H2,(H,20,21). The van der Waals surface area contributed by atoms with E-state index in [1.165, 1.54) is 89.9 Å². The van der Waals surface area contributed by atoms with Crippen LogP contribution >= 0.6 is 0 Å². The van der Waals surface area contributed by atoms with E-state index in [1.54, 1.807) is 0 Å². The summed E-state index contributed by atoms with van der Waals surface area (Å²) < 4.78 is 0. The molecule has 0 spiro atoms. The summed E-state index contributed by atoms with van der Waals surface area (Å²) in [5.74, 6) is -0.177. The third-order valence-corrected chi connectivity index (χ3v) is 4.94. The van der Waals surface area contributed by atoms with Crippen LogP contribution in [0.25, 0.3) is 0 Å². The van der Waals surface area contributed by atoms with Gasteiger partial charge in [-0.25, -0.2) is 0 Å². The van der Waals surface area contributed by atoms with E-state index >= 15 is 0 Å². The van der Waals surface area contributed by atoms with Crippen molar-refractivity contribution in [3.63, 3.8) is 0 Å². The monoisotopic (exact) mass is 296 g/mol. The SMILES string of the molecule is O=C(O)CC1CCCCCCCCCCCCCCCC1. The molecule has 2 heteroatoms. The van der Waals surface area contributed by atoms with E-state index in [1.807, 2.05) is 0 Å². The van der Waals surface area contributed by atoms with Crippen molar-refractivity contribution in [1.29, 1.82) is 0 Å². The van der Waals surface area contributed by atoms with Gasteiger partial charge in [-0.15, -0.1) is 0 Å². The minimum Gasteiger partial charge on any atom is -0.481 e. The van der Waals surface area contributed by atoms with Crippen LogP contribution in [0.5, 0.6) is 0 Å². The fourth-order valence-corrected chi connectivity index (χ4v) is 3.58.